The lowest BCUT2D eigenvalue weighted by Gasteiger charge is -2.43. The number of aryl methyl sites for hydroxylation is 3. The quantitative estimate of drug-likeness (QED) is 0.147. The third-order valence-corrected chi connectivity index (χ3v) is 13.5. The number of amides is 3. The Morgan fingerprint density at radius 3 is 1.75 bits per heavy atom. The molecule has 4 atom stereocenters. The van der Waals surface area contributed by atoms with Crippen LogP contribution in [0.5, 0.6) is 0 Å². The molecule has 3 aromatic carbocycles. The average molecular weight is 750 g/mol. The third kappa shape index (κ3) is 8.56. The van der Waals surface area contributed by atoms with Crippen LogP contribution >= 0.6 is 0 Å². The molecular weight excluding hydrogens is 685 g/mol. The molecule has 0 aliphatic carbocycles. The van der Waals surface area contributed by atoms with E-state index in [1.807, 2.05) is 0 Å². The van der Waals surface area contributed by atoms with E-state index in [2.05, 4.69) is 113 Å². The molecule has 0 saturated carbocycles. The van der Waals surface area contributed by atoms with Gasteiger partial charge in [0.15, 0.2) is 0 Å². The Morgan fingerprint density at radius 1 is 0.727 bits per heavy atom. The van der Waals surface area contributed by atoms with Gasteiger partial charge in [-0.05, 0) is 92.2 Å². The van der Waals surface area contributed by atoms with Crippen molar-refractivity contribution in [1.29, 1.82) is 0 Å². The van der Waals surface area contributed by atoms with E-state index in [0.29, 0.717) is 25.4 Å². The van der Waals surface area contributed by atoms with Crippen molar-refractivity contribution in [3.8, 4) is 0 Å². The summed E-state index contributed by atoms with van der Waals surface area (Å²) in [7, 11) is 0. The van der Waals surface area contributed by atoms with E-state index >= 15 is 0 Å². The summed E-state index contributed by atoms with van der Waals surface area (Å²) < 4.78 is 1.10. The monoisotopic (exact) mass is 750 g/mol. The standard InChI is InChI=1S/C47H64N4O4/c1-6-34-15-21-38(22-16-34)47(39-23-17-35(7-2)18-24-39,40-25-19-36(8-3)20-26-40)30-44(53)50-32-41(52)29-43(50)46(55)49-27-11-14-42(49)45(54)48-31-37-13-12-28-51(9-4,10-5)33-37/h15-26,37,41-43,52H,6-14,27-33H2,1-5H3/p+1/t37-,41-,42-,43+/m1/s1. The Kier molecular flexibility index (Phi) is 13.2. The third-order valence-electron chi connectivity index (χ3n) is 13.5. The van der Waals surface area contributed by atoms with E-state index in [9.17, 15) is 19.5 Å². The molecule has 6 rings (SSSR count). The summed E-state index contributed by atoms with van der Waals surface area (Å²) in [5.74, 6) is -0.0829. The minimum atomic E-state index is -0.843. The second-order valence-corrected chi connectivity index (χ2v) is 16.5. The average Bonchev–Trinajstić information content (AvgIpc) is 3.89. The maximum atomic E-state index is 15.0. The molecule has 8 heteroatoms. The molecule has 3 aliphatic rings. The van der Waals surface area contributed by atoms with Crippen molar-refractivity contribution in [3.63, 3.8) is 0 Å². The molecule has 3 aliphatic heterocycles. The minimum absolute atomic E-state index is 0.0882. The van der Waals surface area contributed by atoms with Crippen LogP contribution in [0, 0.1) is 5.92 Å². The van der Waals surface area contributed by atoms with Crippen molar-refractivity contribution in [1.82, 2.24) is 15.1 Å². The molecule has 3 fully saturated rings. The van der Waals surface area contributed by atoms with Crippen molar-refractivity contribution in [2.24, 2.45) is 5.92 Å². The van der Waals surface area contributed by atoms with Crippen molar-refractivity contribution < 1.29 is 24.0 Å². The van der Waals surface area contributed by atoms with Crippen molar-refractivity contribution in [2.75, 3.05) is 45.8 Å². The van der Waals surface area contributed by atoms with E-state index in [1.54, 1.807) is 9.80 Å². The van der Waals surface area contributed by atoms with E-state index in [-0.39, 0.29) is 37.1 Å². The molecule has 3 aromatic rings. The van der Waals surface area contributed by atoms with Crippen LogP contribution < -0.4 is 5.32 Å². The number of β-amino-alcohol motifs (C(OH)–C–C–N with tert-alkyl or cyclic N) is 1. The van der Waals surface area contributed by atoms with E-state index < -0.39 is 23.6 Å². The smallest absolute Gasteiger partial charge is 0.246 e. The normalized spacial score (nSPS) is 22.5. The first-order chi connectivity index (χ1) is 26.6. The fourth-order valence-corrected chi connectivity index (χ4v) is 9.80. The summed E-state index contributed by atoms with van der Waals surface area (Å²) >= 11 is 0. The number of piperidine rings is 1. The van der Waals surface area contributed by atoms with Crippen LogP contribution in [0.15, 0.2) is 72.8 Å². The van der Waals surface area contributed by atoms with Crippen LogP contribution in [0.25, 0.3) is 0 Å². The Labute approximate surface area is 329 Å². The molecule has 0 aromatic heterocycles. The summed E-state index contributed by atoms with van der Waals surface area (Å²) in [6.07, 6.45) is 5.79. The number of quaternary nitrogens is 1. The van der Waals surface area contributed by atoms with Crippen molar-refractivity contribution >= 4 is 17.7 Å². The minimum Gasteiger partial charge on any atom is -0.391 e. The largest absolute Gasteiger partial charge is 0.391 e. The molecule has 3 heterocycles. The lowest BCUT2D eigenvalue weighted by atomic mass is 9.66. The first-order valence-electron chi connectivity index (χ1n) is 21.3. The molecule has 296 valence electrons. The van der Waals surface area contributed by atoms with Gasteiger partial charge in [-0.25, -0.2) is 0 Å². The van der Waals surface area contributed by atoms with Crippen LogP contribution in [-0.4, -0.2) is 101 Å². The zero-order valence-electron chi connectivity index (χ0n) is 34.1. The lowest BCUT2D eigenvalue weighted by molar-refractivity contribution is -0.932. The highest BCUT2D eigenvalue weighted by atomic mass is 16.3. The predicted molar refractivity (Wildman–Crippen MR) is 220 cm³/mol. The van der Waals surface area contributed by atoms with Crippen LogP contribution in [0.1, 0.15) is 107 Å². The summed E-state index contributed by atoms with van der Waals surface area (Å²) in [5, 5.41) is 14.3. The number of aliphatic hydroxyl groups excluding tert-OH is 1. The van der Waals surface area contributed by atoms with Gasteiger partial charge in [-0.3, -0.25) is 14.4 Å². The van der Waals surface area contributed by atoms with Gasteiger partial charge in [-0.1, -0.05) is 93.6 Å². The number of aliphatic hydroxyl groups is 1. The van der Waals surface area contributed by atoms with Crippen LogP contribution in [0.2, 0.25) is 0 Å². The van der Waals surface area contributed by atoms with Gasteiger partial charge in [0.2, 0.25) is 17.7 Å². The Morgan fingerprint density at radius 2 is 1.25 bits per heavy atom. The maximum absolute atomic E-state index is 15.0. The lowest BCUT2D eigenvalue weighted by Crippen LogP contribution is -2.56. The molecule has 55 heavy (non-hydrogen) atoms. The highest BCUT2D eigenvalue weighted by Gasteiger charge is 2.47. The number of carbonyl (C=O) groups is 3. The van der Waals surface area contributed by atoms with Crippen LogP contribution in [0.4, 0.5) is 0 Å². The molecule has 3 saturated heterocycles. The number of nitrogens with one attached hydrogen (secondary N) is 1. The Balaban J connectivity index is 1.28. The molecule has 8 nitrogen and oxygen atoms in total. The van der Waals surface area contributed by atoms with Gasteiger partial charge in [0.05, 0.1) is 37.7 Å². The second-order valence-electron chi connectivity index (χ2n) is 16.5. The number of hydrogen-bond donors (Lipinski definition) is 2. The Hall–Kier alpha value is -4.01. The fraction of sp³-hybridized carbons (Fsp3) is 0.553. The zero-order chi connectivity index (χ0) is 39.2. The number of hydrogen-bond acceptors (Lipinski definition) is 4. The van der Waals surface area contributed by atoms with Gasteiger partial charge in [-0.15, -0.1) is 0 Å². The molecule has 0 bridgehead atoms. The zero-order valence-corrected chi connectivity index (χ0v) is 34.1. The van der Waals surface area contributed by atoms with Crippen molar-refractivity contribution in [2.45, 2.75) is 116 Å². The van der Waals surface area contributed by atoms with E-state index in [0.717, 1.165) is 72.9 Å². The summed E-state index contributed by atoms with van der Waals surface area (Å²) in [6, 6.07) is 24.4. The van der Waals surface area contributed by atoms with Gasteiger partial charge in [0.1, 0.15) is 12.1 Å². The van der Waals surface area contributed by atoms with Gasteiger partial charge in [-0.2, -0.15) is 0 Å². The SMILES string of the molecule is CCc1ccc(C(CC(=O)N2C[C@H](O)C[C@H]2C(=O)N2CCC[C@@H]2C(=O)NC[C@H]2CCC[N+](CC)(CC)C2)(c2ccc(CC)cc2)c2ccc(CC)cc2)cc1. The Bertz CT molecular complexity index is 1640. The van der Waals surface area contributed by atoms with Gasteiger partial charge in [0, 0.05) is 38.4 Å². The molecule has 0 radical (unpaired) electrons. The van der Waals surface area contributed by atoms with Crippen molar-refractivity contribution in [3.05, 3.63) is 106 Å². The highest BCUT2D eigenvalue weighted by molar-refractivity contribution is 5.93. The molecular formula is C47H65N4O4+. The number of benzene rings is 3. The number of carbonyl (C=O) groups excluding carboxylic acids is 3. The van der Waals surface area contributed by atoms with Gasteiger partial charge >= 0.3 is 0 Å². The van der Waals surface area contributed by atoms with Crippen LogP contribution in [0.3, 0.4) is 0 Å². The highest BCUT2D eigenvalue weighted by Crippen LogP contribution is 2.44. The summed E-state index contributed by atoms with van der Waals surface area (Å²) in [5.41, 5.74) is 5.85. The van der Waals surface area contributed by atoms with E-state index in [4.69, 9.17) is 0 Å². The van der Waals surface area contributed by atoms with Gasteiger partial charge < -0.3 is 24.7 Å². The molecule has 0 spiro atoms. The number of rotatable bonds is 14. The summed E-state index contributed by atoms with van der Waals surface area (Å²) in [4.78, 5) is 46.6. The molecule has 3 amide bonds. The van der Waals surface area contributed by atoms with E-state index in [1.165, 1.54) is 29.7 Å². The second kappa shape index (κ2) is 17.8. The number of likely N-dealkylation sites (tertiary alicyclic amines) is 3. The predicted octanol–water partition coefficient (Wildman–Crippen LogP) is 6.43. The fourth-order valence-electron chi connectivity index (χ4n) is 9.80. The molecule has 2 N–H and O–H groups in total. The number of nitrogens with zero attached hydrogens (tertiary/aromatic N) is 3. The first kappa shape index (κ1) is 40.6. The van der Waals surface area contributed by atoms with Gasteiger partial charge in [0.25, 0.3) is 0 Å². The topological polar surface area (TPSA) is 90.0 Å². The first-order valence-corrected chi connectivity index (χ1v) is 21.3. The summed E-state index contributed by atoms with van der Waals surface area (Å²) in [6.45, 7) is 16.6. The molecule has 0 unspecified atom stereocenters. The van der Waals surface area contributed by atoms with Crippen LogP contribution in [-0.2, 0) is 39.1 Å². The maximum Gasteiger partial charge on any atom is 0.246 e.